The summed E-state index contributed by atoms with van der Waals surface area (Å²) in [5.74, 6) is -3.35. The molecule has 166 valence electrons. The highest BCUT2D eigenvalue weighted by atomic mass is 32.2. The smallest absolute Gasteiger partial charge is 0.271 e. The van der Waals surface area contributed by atoms with Crippen molar-refractivity contribution >= 4 is 43.9 Å². The maximum atomic E-state index is 15.2. The molecule has 0 aliphatic carbocycles. The molecule has 0 bridgehead atoms. The number of pyridine rings is 1. The van der Waals surface area contributed by atoms with Crippen molar-refractivity contribution in [3.8, 4) is 10.6 Å². The summed E-state index contributed by atoms with van der Waals surface area (Å²) in [4.78, 5) is 23.5. The number of anilines is 1. The molecule has 1 aromatic carbocycles. The van der Waals surface area contributed by atoms with E-state index in [1.165, 1.54) is 18.5 Å². The van der Waals surface area contributed by atoms with Crippen molar-refractivity contribution in [3.05, 3.63) is 89.9 Å². The Kier molecular flexibility index (Phi) is 5.06. The highest BCUT2D eigenvalue weighted by Gasteiger charge is 2.27. The van der Waals surface area contributed by atoms with E-state index in [1.807, 2.05) is 0 Å². The third-order valence-electron chi connectivity index (χ3n) is 4.97. The number of nitrogens with zero attached hydrogens (tertiary/aromatic N) is 1. The summed E-state index contributed by atoms with van der Waals surface area (Å²) >= 11 is 0.979. The topological polar surface area (TPSA) is 108 Å². The maximum Gasteiger partial charge on any atom is 0.271 e. The third-order valence-corrected chi connectivity index (χ3v) is 7.94. The van der Waals surface area contributed by atoms with Crippen molar-refractivity contribution in [1.29, 1.82) is 0 Å². The molecule has 0 atom stereocenters. The quantitative estimate of drug-likeness (QED) is 0.297. The summed E-state index contributed by atoms with van der Waals surface area (Å²) in [5, 5.41) is 0.391. The van der Waals surface area contributed by atoms with Crippen LogP contribution in [0.15, 0.2) is 71.3 Å². The van der Waals surface area contributed by atoms with Gasteiger partial charge in [0.2, 0.25) is 5.78 Å². The number of carbonyl (C=O) groups excluding carboxylic acids is 1. The molecule has 0 unspecified atom stereocenters. The fourth-order valence-corrected chi connectivity index (χ4v) is 5.76. The number of fused-ring (bicyclic) bond motifs is 1. The van der Waals surface area contributed by atoms with Gasteiger partial charge >= 0.3 is 0 Å². The molecule has 5 aromatic rings. The molecule has 7 nitrogen and oxygen atoms in total. The molecule has 0 spiro atoms. The van der Waals surface area contributed by atoms with E-state index in [0.29, 0.717) is 15.9 Å². The molecular weight excluding hydrogens is 470 g/mol. The zero-order valence-corrected chi connectivity index (χ0v) is 18.2. The fourth-order valence-electron chi connectivity index (χ4n) is 3.41. The number of halogens is 2. The number of H-pyrrole nitrogens is 2. The molecule has 11 heteroatoms. The zero-order chi connectivity index (χ0) is 23.2. The third kappa shape index (κ3) is 3.70. The number of sulfonamides is 1. The van der Waals surface area contributed by atoms with Crippen molar-refractivity contribution in [3.63, 3.8) is 0 Å². The van der Waals surface area contributed by atoms with Crippen LogP contribution >= 0.6 is 11.3 Å². The second-order valence-corrected chi connectivity index (χ2v) is 10.0. The fraction of sp³-hybridized carbons (Fsp3) is 0. The Bertz CT molecular complexity index is 1610. The largest absolute Gasteiger partial charge is 0.361 e. The Morgan fingerprint density at radius 3 is 2.67 bits per heavy atom. The molecule has 0 fully saturated rings. The predicted molar refractivity (Wildman–Crippen MR) is 121 cm³/mol. The van der Waals surface area contributed by atoms with E-state index in [1.54, 1.807) is 36.5 Å². The van der Waals surface area contributed by atoms with Gasteiger partial charge in [0.1, 0.15) is 15.7 Å². The van der Waals surface area contributed by atoms with Crippen LogP contribution in [0.25, 0.3) is 21.6 Å². The standard InChI is InChI=1S/C22H14F2N4O3S2/c23-14-5-6-16(28-33(30,31)18-8-7-17(32-18)15-4-2-9-25-15)20(24)19(14)21(29)13-11-27-22-12(13)3-1-10-26-22/h1-11,25,28H,(H,26,27). The van der Waals surface area contributed by atoms with Gasteiger partial charge in [0.25, 0.3) is 10.0 Å². The molecule has 4 aromatic heterocycles. The van der Waals surface area contributed by atoms with Crippen LogP contribution in [0.2, 0.25) is 0 Å². The lowest BCUT2D eigenvalue weighted by Crippen LogP contribution is -2.15. The molecule has 33 heavy (non-hydrogen) atoms. The predicted octanol–water partition coefficient (Wildman–Crippen LogP) is 4.93. The van der Waals surface area contributed by atoms with E-state index in [2.05, 4.69) is 19.7 Å². The lowest BCUT2D eigenvalue weighted by atomic mass is 10.0. The van der Waals surface area contributed by atoms with E-state index in [0.717, 1.165) is 29.2 Å². The van der Waals surface area contributed by atoms with E-state index < -0.39 is 38.7 Å². The number of nitrogens with one attached hydrogen (secondary N) is 3. The number of ketones is 1. The SMILES string of the molecule is O=C(c1c(F)ccc(NS(=O)(=O)c2ccc(-c3ccc[nH]3)s2)c1F)c1c[nH]c2ncccc12. The van der Waals surface area contributed by atoms with Crippen LogP contribution in [0.4, 0.5) is 14.5 Å². The van der Waals surface area contributed by atoms with Crippen LogP contribution in [0, 0.1) is 11.6 Å². The number of hydrogen-bond donors (Lipinski definition) is 3. The number of carbonyl (C=O) groups is 1. The van der Waals surface area contributed by atoms with Crippen molar-refractivity contribution < 1.29 is 22.0 Å². The van der Waals surface area contributed by atoms with E-state index in [-0.39, 0.29) is 9.77 Å². The highest BCUT2D eigenvalue weighted by Crippen LogP contribution is 2.32. The van der Waals surface area contributed by atoms with Crippen LogP contribution < -0.4 is 4.72 Å². The van der Waals surface area contributed by atoms with Gasteiger partial charge in [0.05, 0.1) is 21.8 Å². The summed E-state index contributed by atoms with van der Waals surface area (Å²) in [6.07, 6.45) is 4.52. The lowest BCUT2D eigenvalue weighted by Gasteiger charge is -2.11. The van der Waals surface area contributed by atoms with Gasteiger partial charge in [-0.05, 0) is 48.5 Å². The molecule has 5 rings (SSSR count). The first-order valence-electron chi connectivity index (χ1n) is 9.56. The van der Waals surface area contributed by atoms with Gasteiger partial charge in [-0.1, -0.05) is 0 Å². The summed E-state index contributed by atoms with van der Waals surface area (Å²) < 4.78 is 57.5. The van der Waals surface area contributed by atoms with Gasteiger partial charge in [-0.2, -0.15) is 0 Å². The van der Waals surface area contributed by atoms with Gasteiger partial charge in [-0.15, -0.1) is 11.3 Å². The molecule has 0 radical (unpaired) electrons. The Labute approximate surface area is 190 Å². The minimum atomic E-state index is -4.19. The second kappa shape index (κ2) is 7.94. The van der Waals surface area contributed by atoms with Crippen molar-refractivity contribution in [1.82, 2.24) is 15.0 Å². The first kappa shape index (κ1) is 21.0. The van der Waals surface area contributed by atoms with E-state index in [9.17, 15) is 17.6 Å². The highest BCUT2D eigenvalue weighted by molar-refractivity contribution is 7.94. The maximum absolute atomic E-state index is 15.2. The van der Waals surface area contributed by atoms with Crippen LogP contribution in [0.5, 0.6) is 0 Å². The second-order valence-electron chi connectivity index (χ2n) is 7.02. The molecular formula is C22H14F2N4O3S2. The molecule has 4 heterocycles. The van der Waals surface area contributed by atoms with Crippen molar-refractivity contribution in [2.45, 2.75) is 4.21 Å². The minimum Gasteiger partial charge on any atom is -0.361 e. The first-order valence-corrected chi connectivity index (χ1v) is 11.9. The van der Waals surface area contributed by atoms with E-state index in [4.69, 9.17) is 0 Å². The van der Waals surface area contributed by atoms with Gasteiger partial charge < -0.3 is 9.97 Å². The number of aromatic amines is 2. The molecule has 0 saturated carbocycles. The number of thiophene rings is 1. The number of hydrogen-bond acceptors (Lipinski definition) is 5. The van der Waals surface area contributed by atoms with Gasteiger partial charge in [0, 0.05) is 29.5 Å². The molecule has 0 saturated heterocycles. The average Bonchev–Trinajstić information content (AvgIpc) is 3.55. The Morgan fingerprint density at radius 1 is 1.03 bits per heavy atom. The lowest BCUT2D eigenvalue weighted by molar-refractivity contribution is 0.103. The van der Waals surface area contributed by atoms with Crippen LogP contribution in [-0.4, -0.2) is 29.2 Å². The van der Waals surface area contributed by atoms with Gasteiger partial charge in [-0.25, -0.2) is 22.2 Å². The summed E-state index contributed by atoms with van der Waals surface area (Å²) in [6.45, 7) is 0. The monoisotopic (exact) mass is 484 g/mol. The van der Waals surface area contributed by atoms with E-state index >= 15 is 4.39 Å². The summed E-state index contributed by atoms with van der Waals surface area (Å²) in [6, 6.07) is 11.5. The number of rotatable bonds is 6. The minimum absolute atomic E-state index is 0.0183. The average molecular weight is 485 g/mol. The number of benzene rings is 1. The van der Waals surface area contributed by atoms with Crippen molar-refractivity contribution in [2.75, 3.05) is 4.72 Å². The van der Waals surface area contributed by atoms with Crippen LogP contribution in [0.1, 0.15) is 15.9 Å². The van der Waals surface area contributed by atoms with Crippen LogP contribution in [0.3, 0.4) is 0 Å². The molecule has 0 aliphatic heterocycles. The Balaban J connectivity index is 1.50. The van der Waals surface area contributed by atoms with Gasteiger partial charge in [0.15, 0.2) is 5.82 Å². The van der Waals surface area contributed by atoms with Gasteiger partial charge in [-0.3, -0.25) is 9.52 Å². The Hall–Kier alpha value is -3.83. The normalized spacial score (nSPS) is 11.7. The number of aromatic nitrogens is 3. The molecule has 0 aliphatic rings. The molecule has 0 amide bonds. The molecule has 3 N–H and O–H groups in total. The Morgan fingerprint density at radius 2 is 1.88 bits per heavy atom. The summed E-state index contributed by atoms with van der Waals surface area (Å²) in [5.41, 5.74) is -0.264. The first-order chi connectivity index (χ1) is 15.8. The summed E-state index contributed by atoms with van der Waals surface area (Å²) in [7, 11) is -4.19. The van der Waals surface area contributed by atoms with Crippen molar-refractivity contribution in [2.24, 2.45) is 0 Å². The zero-order valence-electron chi connectivity index (χ0n) is 16.6. The van der Waals surface area contributed by atoms with Crippen LogP contribution in [-0.2, 0) is 10.0 Å².